The van der Waals surface area contributed by atoms with Crippen LogP contribution in [0, 0.1) is 11.3 Å². The molecule has 0 aliphatic carbocycles. The van der Waals surface area contributed by atoms with Crippen LogP contribution in [0.2, 0.25) is 0 Å². The van der Waals surface area contributed by atoms with Crippen LogP contribution in [0.1, 0.15) is 39.3 Å². The number of aromatic amines is 1. The van der Waals surface area contributed by atoms with Crippen LogP contribution in [-0.4, -0.2) is 37.2 Å². The van der Waals surface area contributed by atoms with Gasteiger partial charge >= 0.3 is 0 Å². The van der Waals surface area contributed by atoms with E-state index in [4.69, 9.17) is 4.74 Å². The molecule has 3 rings (SSSR count). The smallest absolute Gasteiger partial charge is 0.191 e. The predicted molar refractivity (Wildman–Crippen MR) is 108 cm³/mol. The Hall–Kier alpha value is -2.01. The summed E-state index contributed by atoms with van der Waals surface area (Å²) in [5, 5.41) is 8.13. The molecule has 2 aromatic rings. The molecule has 0 spiro atoms. The highest BCUT2D eigenvalue weighted by Gasteiger charge is 2.35. The molecule has 1 aliphatic rings. The SMILES string of the molecule is CN=C(NCc1cc2ccccc2[nH]1)NCC1CCCOC1C(C)(C)C. The van der Waals surface area contributed by atoms with Crippen molar-refractivity contribution in [3.05, 3.63) is 36.0 Å². The fraction of sp³-hybridized carbons (Fsp3) is 0.571. The molecular weight excluding hydrogens is 324 g/mol. The zero-order chi connectivity index (χ0) is 18.6. The average molecular weight is 357 g/mol. The van der Waals surface area contributed by atoms with Crippen molar-refractivity contribution in [2.75, 3.05) is 20.2 Å². The first kappa shape index (κ1) is 18.8. The second-order valence-corrected chi connectivity index (χ2v) is 8.25. The number of H-pyrrole nitrogens is 1. The number of nitrogens with one attached hydrogen (secondary N) is 3. The number of nitrogens with zero attached hydrogens (tertiary/aromatic N) is 1. The highest BCUT2D eigenvalue weighted by atomic mass is 16.5. The van der Waals surface area contributed by atoms with Crippen molar-refractivity contribution in [2.24, 2.45) is 16.3 Å². The van der Waals surface area contributed by atoms with Gasteiger partial charge in [0.15, 0.2) is 5.96 Å². The van der Waals surface area contributed by atoms with Crippen molar-refractivity contribution in [1.29, 1.82) is 0 Å². The van der Waals surface area contributed by atoms with E-state index >= 15 is 0 Å². The Balaban J connectivity index is 1.54. The lowest BCUT2D eigenvalue weighted by atomic mass is 9.78. The van der Waals surface area contributed by atoms with Gasteiger partial charge in [0.1, 0.15) is 0 Å². The molecule has 1 aromatic carbocycles. The summed E-state index contributed by atoms with van der Waals surface area (Å²) in [7, 11) is 1.82. The van der Waals surface area contributed by atoms with Gasteiger partial charge in [0.2, 0.25) is 0 Å². The van der Waals surface area contributed by atoms with E-state index in [1.54, 1.807) is 0 Å². The van der Waals surface area contributed by atoms with Gasteiger partial charge in [-0.1, -0.05) is 39.0 Å². The topological polar surface area (TPSA) is 61.4 Å². The minimum absolute atomic E-state index is 0.161. The first-order valence-corrected chi connectivity index (χ1v) is 9.60. The van der Waals surface area contributed by atoms with Gasteiger partial charge in [0, 0.05) is 37.3 Å². The average Bonchev–Trinajstić information content (AvgIpc) is 3.04. The number of hydrogen-bond acceptors (Lipinski definition) is 2. The molecule has 2 heterocycles. The number of aliphatic imine (C=N–C) groups is 1. The largest absolute Gasteiger partial charge is 0.377 e. The van der Waals surface area contributed by atoms with Crippen molar-refractivity contribution < 1.29 is 4.74 Å². The molecule has 2 unspecified atom stereocenters. The lowest BCUT2D eigenvalue weighted by molar-refractivity contribution is -0.0835. The monoisotopic (exact) mass is 356 g/mol. The van der Waals surface area contributed by atoms with Crippen LogP contribution in [0.5, 0.6) is 0 Å². The van der Waals surface area contributed by atoms with Crippen LogP contribution in [0.25, 0.3) is 10.9 Å². The maximum atomic E-state index is 6.08. The number of rotatable bonds is 4. The quantitative estimate of drug-likeness (QED) is 0.578. The molecule has 26 heavy (non-hydrogen) atoms. The van der Waals surface area contributed by atoms with Crippen LogP contribution in [0.3, 0.4) is 0 Å². The second kappa shape index (κ2) is 8.12. The van der Waals surface area contributed by atoms with Gasteiger partial charge in [0.25, 0.3) is 0 Å². The van der Waals surface area contributed by atoms with Gasteiger partial charge in [-0.15, -0.1) is 0 Å². The molecule has 0 bridgehead atoms. The Bertz CT molecular complexity index is 711. The van der Waals surface area contributed by atoms with E-state index in [0.717, 1.165) is 37.8 Å². The Morgan fingerprint density at radius 3 is 2.81 bits per heavy atom. The van der Waals surface area contributed by atoms with Crippen LogP contribution < -0.4 is 10.6 Å². The summed E-state index contributed by atoms with van der Waals surface area (Å²) in [6.45, 7) is 9.27. The highest BCUT2D eigenvalue weighted by molar-refractivity contribution is 5.81. The summed E-state index contributed by atoms with van der Waals surface area (Å²) >= 11 is 0. The van der Waals surface area contributed by atoms with E-state index in [1.165, 1.54) is 17.3 Å². The molecule has 1 saturated heterocycles. The Morgan fingerprint density at radius 2 is 2.08 bits per heavy atom. The lowest BCUT2D eigenvalue weighted by Crippen LogP contribution is -2.47. The molecule has 0 radical (unpaired) electrons. The minimum Gasteiger partial charge on any atom is -0.377 e. The predicted octanol–water partition coefficient (Wildman–Crippen LogP) is 3.67. The van der Waals surface area contributed by atoms with E-state index in [2.05, 4.69) is 71.7 Å². The summed E-state index contributed by atoms with van der Waals surface area (Å²) in [5.74, 6) is 1.34. The molecule has 1 aliphatic heterocycles. The number of aromatic nitrogens is 1. The molecule has 5 nitrogen and oxygen atoms in total. The van der Waals surface area contributed by atoms with Crippen molar-refractivity contribution in [3.63, 3.8) is 0 Å². The molecule has 1 fully saturated rings. The number of fused-ring (bicyclic) bond motifs is 1. The van der Waals surface area contributed by atoms with Gasteiger partial charge < -0.3 is 20.4 Å². The first-order valence-electron chi connectivity index (χ1n) is 9.60. The van der Waals surface area contributed by atoms with E-state index in [1.807, 2.05) is 7.05 Å². The third kappa shape index (κ3) is 4.58. The molecule has 2 atom stereocenters. The van der Waals surface area contributed by atoms with Gasteiger partial charge in [0.05, 0.1) is 12.6 Å². The summed E-state index contributed by atoms with van der Waals surface area (Å²) in [5.41, 5.74) is 2.48. The maximum Gasteiger partial charge on any atom is 0.191 e. The molecule has 5 heteroatoms. The van der Waals surface area contributed by atoms with Gasteiger partial charge in [-0.2, -0.15) is 0 Å². The van der Waals surface area contributed by atoms with Crippen molar-refractivity contribution >= 4 is 16.9 Å². The number of hydrogen-bond donors (Lipinski definition) is 3. The van der Waals surface area contributed by atoms with Crippen molar-refractivity contribution in [2.45, 2.75) is 46.3 Å². The third-order valence-corrected chi connectivity index (χ3v) is 5.09. The third-order valence-electron chi connectivity index (χ3n) is 5.09. The van der Waals surface area contributed by atoms with E-state index in [9.17, 15) is 0 Å². The van der Waals surface area contributed by atoms with Gasteiger partial charge in [-0.3, -0.25) is 4.99 Å². The van der Waals surface area contributed by atoms with Crippen LogP contribution in [0.15, 0.2) is 35.3 Å². The maximum absolute atomic E-state index is 6.08. The second-order valence-electron chi connectivity index (χ2n) is 8.25. The minimum atomic E-state index is 0.161. The first-order chi connectivity index (χ1) is 12.5. The summed E-state index contributed by atoms with van der Waals surface area (Å²) < 4.78 is 6.08. The van der Waals surface area contributed by atoms with E-state index in [-0.39, 0.29) is 11.5 Å². The molecule has 142 valence electrons. The summed E-state index contributed by atoms with van der Waals surface area (Å²) in [4.78, 5) is 7.81. The Kier molecular flexibility index (Phi) is 5.87. The fourth-order valence-corrected chi connectivity index (χ4v) is 3.87. The molecule has 0 amide bonds. The van der Waals surface area contributed by atoms with Gasteiger partial charge in [-0.05, 0) is 35.8 Å². The number of benzene rings is 1. The lowest BCUT2D eigenvalue weighted by Gasteiger charge is -2.40. The number of para-hydroxylation sites is 1. The van der Waals surface area contributed by atoms with E-state index in [0.29, 0.717) is 5.92 Å². The zero-order valence-corrected chi connectivity index (χ0v) is 16.4. The summed E-state index contributed by atoms with van der Waals surface area (Å²) in [6.07, 6.45) is 2.63. The van der Waals surface area contributed by atoms with Crippen LogP contribution >= 0.6 is 0 Å². The van der Waals surface area contributed by atoms with Crippen molar-refractivity contribution in [3.8, 4) is 0 Å². The van der Waals surface area contributed by atoms with Crippen LogP contribution in [-0.2, 0) is 11.3 Å². The number of guanidine groups is 1. The molecular formula is C21H32N4O. The van der Waals surface area contributed by atoms with Crippen LogP contribution in [0.4, 0.5) is 0 Å². The molecule has 0 saturated carbocycles. The highest BCUT2D eigenvalue weighted by Crippen LogP contribution is 2.33. The zero-order valence-electron chi connectivity index (χ0n) is 16.4. The normalized spacial score (nSPS) is 21.8. The molecule has 3 N–H and O–H groups in total. The summed E-state index contributed by atoms with van der Waals surface area (Å²) in [6, 6.07) is 10.5. The Morgan fingerprint density at radius 1 is 1.27 bits per heavy atom. The fourth-order valence-electron chi connectivity index (χ4n) is 3.87. The Labute approximate surface area is 156 Å². The standard InChI is InChI=1S/C21H32N4O/c1-21(2,3)19-16(9-7-11-26-19)13-23-20(22-4)24-14-17-12-15-8-5-6-10-18(15)25-17/h5-6,8,10,12,16,19,25H,7,9,11,13-14H2,1-4H3,(H2,22,23,24). The number of ether oxygens (including phenoxy) is 1. The molecule has 1 aromatic heterocycles. The van der Waals surface area contributed by atoms with Gasteiger partial charge in [-0.25, -0.2) is 0 Å². The van der Waals surface area contributed by atoms with Crippen molar-refractivity contribution in [1.82, 2.24) is 15.6 Å². The van der Waals surface area contributed by atoms with E-state index < -0.39 is 0 Å².